The first-order chi connectivity index (χ1) is 6.99. The average molecular weight is 209 g/mol. The number of rotatable bonds is 3. The van der Waals surface area contributed by atoms with E-state index in [0.29, 0.717) is 6.54 Å². The Bertz CT molecular complexity index is 361. The van der Waals surface area contributed by atoms with Gasteiger partial charge >= 0.3 is 0 Å². The molecule has 0 amide bonds. The van der Waals surface area contributed by atoms with Crippen LogP contribution in [0.15, 0.2) is 6.07 Å². The first-order valence-electron chi connectivity index (χ1n) is 5.21. The normalized spacial score (nSPS) is 12.8. The zero-order valence-corrected chi connectivity index (χ0v) is 9.54. The molecule has 1 rings (SSSR count). The molecule has 0 saturated heterocycles. The van der Waals surface area contributed by atoms with Gasteiger partial charge in [-0.25, -0.2) is 0 Å². The molecule has 1 unspecified atom stereocenters. The lowest BCUT2D eigenvalue weighted by Crippen LogP contribution is -2.05. The molecular weight excluding hydrogens is 190 g/mol. The number of phenolic OH excluding ortho intramolecular Hbond substituents is 2. The van der Waals surface area contributed by atoms with Gasteiger partial charge in [-0.2, -0.15) is 0 Å². The van der Waals surface area contributed by atoms with E-state index in [4.69, 9.17) is 5.73 Å². The average Bonchev–Trinajstić information content (AvgIpc) is 2.20. The zero-order chi connectivity index (χ0) is 11.6. The third kappa shape index (κ3) is 2.23. The Balaban J connectivity index is 3.19. The van der Waals surface area contributed by atoms with Crippen LogP contribution < -0.4 is 5.73 Å². The van der Waals surface area contributed by atoms with Crippen LogP contribution in [0.4, 0.5) is 0 Å². The van der Waals surface area contributed by atoms with E-state index >= 15 is 0 Å². The van der Waals surface area contributed by atoms with Crippen LogP contribution in [0.25, 0.3) is 0 Å². The summed E-state index contributed by atoms with van der Waals surface area (Å²) in [4.78, 5) is 0. The smallest absolute Gasteiger partial charge is 0.161 e. The van der Waals surface area contributed by atoms with E-state index in [1.165, 1.54) is 0 Å². The Morgan fingerprint density at radius 2 is 1.87 bits per heavy atom. The van der Waals surface area contributed by atoms with Crippen molar-refractivity contribution in [3.05, 3.63) is 22.8 Å². The molecule has 0 aliphatic rings. The topological polar surface area (TPSA) is 66.5 Å². The molecule has 1 aromatic rings. The van der Waals surface area contributed by atoms with E-state index in [1.807, 2.05) is 19.9 Å². The maximum absolute atomic E-state index is 9.81. The molecule has 3 heteroatoms. The number of hydrogen-bond donors (Lipinski definition) is 3. The molecule has 0 bridgehead atoms. The molecule has 0 spiro atoms. The van der Waals surface area contributed by atoms with Crippen molar-refractivity contribution in [2.24, 2.45) is 5.73 Å². The fourth-order valence-corrected chi connectivity index (χ4v) is 1.69. The van der Waals surface area contributed by atoms with Crippen molar-refractivity contribution in [2.45, 2.75) is 33.1 Å². The van der Waals surface area contributed by atoms with Crippen LogP contribution in [0.3, 0.4) is 0 Å². The van der Waals surface area contributed by atoms with Crippen molar-refractivity contribution < 1.29 is 10.2 Å². The van der Waals surface area contributed by atoms with Gasteiger partial charge in [0, 0.05) is 5.56 Å². The minimum atomic E-state index is -0.00567. The third-order valence-electron chi connectivity index (χ3n) is 2.95. The fraction of sp³-hybridized carbons (Fsp3) is 0.500. The van der Waals surface area contributed by atoms with Crippen LogP contribution >= 0.6 is 0 Å². The molecule has 84 valence electrons. The summed E-state index contributed by atoms with van der Waals surface area (Å²) in [7, 11) is 0. The van der Waals surface area contributed by atoms with Crippen LogP contribution in [-0.4, -0.2) is 16.8 Å². The Labute approximate surface area is 90.5 Å². The lowest BCUT2D eigenvalue weighted by Gasteiger charge is -2.16. The summed E-state index contributed by atoms with van der Waals surface area (Å²) in [6.45, 7) is 6.29. The first kappa shape index (κ1) is 11.9. The van der Waals surface area contributed by atoms with E-state index in [1.54, 1.807) is 6.92 Å². The molecular formula is C12H19NO2. The zero-order valence-electron chi connectivity index (χ0n) is 9.54. The lowest BCUT2D eigenvalue weighted by molar-refractivity contribution is 0.393. The number of phenols is 2. The monoisotopic (exact) mass is 209 g/mol. The maximum atomic E-state index is 9.81. The van der Waals surface area contributed by atoms with Crippen molar-refractivity contribution in [3.8, 4) is 11.5 Å². The molecule has 0 aliphatic carbocycles. The van der Waals surface area contributed by atoms with Crippen molar-refractivity contribution in [1.29, 1.82) is 0 Å². The summed E-state index contributed by atoms with van der Waals surface area (Å²) in [5.74, 6) is 0.160. The highest BCUT2D eigenvalue weighted by Crippen LogP contribution is 2.38. The quantitative estimate of drug-likeness (QED) is 0.668. The molecule has 0 aromatic heterocycles. The van der Waals surface area contributed by atoms with Crippen LogP contribution in [-0.2, 0) is 0 Å². The van der Waals surface area contributed by atoms with Crippen molar-refractivity contribution in [2.75, 3.05) is 6.54 Å². The summed E-state index contributed by atoms with van der Waals surface area (Å²) in [6.07, 6.45) is 0.801. The lowest BCUT2D eigenvalue weighted by atomic mass is 9.93. The summed E-state index contributed by atoms with van der Waals surface area (Å²) < 4.78 is 0. The van der Waals surface area contributed by atoms with Gasteiger partial charge in [-0.1, -0.05) is 13.0 Å². The fourth-order valence-electron chi connectivity index (χ4n) is 1.69. The largest absolute Gasteiger partial charge is 0.504 e. The van der Waals surface area contributed by atoms with Crippen molar-refractivity contribution in [3.63, 3.8) is 0 Å². The molecule has 1 aromatic carbocycles. The second-order valence-electron chi connectivity index (χ2n) is 4.08. The van der Waals surface area contributed by atoms with E-state index < -0.39 is 0 Å². The van der Waals surface area contributed by atoms with Gasteiger partial charge in [-0.15, -0.1) is 0 Å². The summed E-state index contributed by atoms with van der Waals surface area (Å²) in [6, 6.07) is 1.92. The predicted molar refractivity (Wildman–Crippen MR) is 61.3 cm³/mol. The van der Waals surface area contributed by atoms with Crippen LogP contribution in [0, 0.1) is 13.8 Å². The predicted octanol–water partition coefficient (Wildman–Crippen LogP) is 2.17. The maximum Gasteiger partial charge on any atom is 0.161 e. The molecule has 15 heavy (non-hydrogen) atoms. The van der Waals surface area contributed by atoms with Crippen molar-refractivity contribution >= 4 is 0 Å². The van der Waals surface area contributed by atoms with Gasteiger partial charge in [0.05, 0.1) is 0 Å². The molecule has 0 heterocycles. The van der Waals surface area contributed by atoms with Gasteiger partial charge in [0.1, 0.15) is 0 Å². The molecule has 0 radical (unpaired) electrons. The third-order valence-corrected chi connectivity index (χ3v) is 2.95. The molecule has 1 atom stereocenters. The van der Waals surface area contributed by atoms with Crippen LogP contribution in [0.5, 0.6) is 11.5 Å². The van der Waals surface area contributed by atoms with E-state index in [0.717, 1.165) is 23.1 Å². The number of benzene rings is 1. The summed E-state index contributed by atoms with van der Waals surface area (Å²) in [5, 5.41) is 19.5. The Morgan fingerprint density at radius 1 is 1.27 bits per heavy atom. The molecule has 0 fully saturated rings. The highest BCUT2D eigenvalue weighted by atomic mass is 16.3. The minimum Gasteiger partial charge on any atom is -0.504 e. The standard InChI is InChI=1S/C12H19NO2/c1-7(4-5-13)10-6-8(2)9(3)11(14)12(10)15/h6-7,14-15H,4-5,13H2,1-3H3. The summed E-state index contributed by atoms with van der Waals surface area (Å²) >= 11 is 0. The van der Waals surface area contributed by atoms with E-state index in [9.17, 15) is 10.2 Å². The number of aromatic hydroxyl groups is 2. The van der Waals surface area contributed by atoms with Gasteiger partial charge in [0.2, 0.25) is 0 Å². The molecule has 0 saturated carbocycles. The number of hydrogen-bond acceptors (Lipinski definition) is 3. The summed E-state index contributed by atoms with van der Waals surface area (Å²) in [5.41, 5.74) is 7.98. The number of nitrogens with two attached hydrogens (primary N) is 1. The molecule has 3 nitrogen and oxygen atoms in total. The van der Waals surface area contributed by atoms with E-state index in [-0.39, 0.29) is 17.4 Å². The Morgan fingerprint density at radius 3 is 2.40 bits per heavy atom. The van der Waals surface area contributed by atoms with Crippen LogP contribution in [0.1, 0.15) is 36.0 Å². The Hall–Kier alpha value is -1.22. The molecule has 4 N–H and O–H groups in total. The Kier molecular flexibility index (Phi) is 3.58. The molecule has 0 aliphatic heterocycles. The SMILES string of the molecule is Cc1cc(C(C)CCN)c(O)c(O)c1C. The highest BCUT2D eigenvalue weighted by molar-refractivity contribution is 5.54. The van der Waals surface area contributed by atoms with Gasteiger partial charge in [0.15, 0.2) is 11.5 Å². The van der Waals surface area contributed by atoms with Crippen LogP contribution in [0.2, 0.25) is 0 Å². The second-order valence-corrected chi connectivity index (χ2v) is 4.08. The minimum absolute atomic E-state index is 0.000880. The van der Waals surface area contributed by atoms with Gasteiger partial charge in [0.25, 0.3) is 0 Å². The van der Waals surface area contributed by atoms with E-state index in [2.05, 4.69) is 0 Å². The van der Waals surface area contributed by atoms with Gasteiger partial charge in [-0.05, 0) is 43.9 Å². The van der Waals surface area contributed by atoms with Gasteiger partial charge < -0.3 is 15.9 Å². The first-order valence-corrected chi connectivity index (χ1v) is 5.21. The van der Waals surface area contributed by atoms with Gasteiger partial charge in [-0.3, -0.25) is 0 Å². The van der Waals surface area contributed by atoms with Crippen molar-refractivity contribution in [1.82, 2.24) is 0 Å². The highest BCUT2D eigenvalue weighted by Gasteiger charge is 2.16. The second kappa shape index (κ2) is 4.53. The number of aryl methyl sites for hydroxylation is 1.